The molecule has 1 heterocycles. The Balaban J connectivity index is 1.48. The molecule has 3 aromatic rings. The zero-order valence-corrected chi connectivity index (χ0v) is 23.3. The molecule has 0 bridgehead atoms. The van der Waals surface area contributed by atoms with E-state index in [1.165, 1.54) is 36.4 Å². The molecular weight excluding hydrogens is 609 g/mol. The SMILES string of the molecule is CCOc1cc(/C=C2/SC(=O)N(CC(=O)Nc3cccc(F)c3)C2=O)cc(Br)c1OCc1ccc([N+](=O)[O-])cc1. The van der Waals surface area contributed by atoms with Gasteiger partial charge < -0.3 is 14.8 Å². The summed E-state index contributed by atoms with van der Waals surface area (Å²) in [5.41, 5.74) is 1.42. The van der Waals surface area contributed by atoms with Crippen LogP contribution in [0.3, 0.4) is 0 Å². The number of non-ortho nitro benzene ring substituents is 1. The van der Waals surface area contributed by atoms with E-state index in [1.807, 2.05) is 0 Å². The van der Waals surface area contributed by atoms with E-state index in [4.69, 9.17) is 9.47 Å². The zero-order chi connectivity index (χ0) is 28.8. The average molecular weight is 630 g/mol. The van der Waals surface area contributed by atoms with Crippen molar-refractivity contribution in [1.29, 1.82) is 0 Å². The highest BCUT2D eigenvalue weighted by Gasteiger charge is 2.36. The van der Waals surface area contributed by atoms with Crippen LogP contribution in [-0.4, -0.2) is 40.0 Å². The molecule has 10 nitrogen and oxygen atoms in total. The first-order valence-electron chi connectivity index (χ1n) is 11.8. The van der Waals surface area contributed by atoms with Gasteiger partial charge in [0.2, 0.25) is 5.91 Å². The standard InChI is InChI=1S/C27H21BrFN3O7S/c1-2-38-22-11-17(10-21(28)25(22)39-15-16-6-8-20(9-7-16)32(36)37)12-23-26(34)31(27(35)40-23)14-24(33)30-19-5-3-4-18(29)13-19/h3-13H,2,14-15H2,1H3,(H,30,33)/b23-12+. The summed E-state index contributed by atoms with van der Waals surface area (Å²) in [6.45, 7) is 1.70. The van der Waals surface area contributed by atoms with Crippen molar-refractivity contribution in [2.75, 3.05) is 18.5 Å². The number of halogens is 2. The Kier molecular flexibility index (Phi) is 9.17. The van der Waals surface area contributed by atoms with E-state index < -0.39 is 34.3 Å². The van der Waals surface area contributed by atoms with Crippen molar-refractivity contribution >= 4 is 62.2 Å². The van der Waals surface area contributed by atoms with Crippen LogP contribution in [0, 0.1) is 15.9 Å². The van der Waals surface area contributed by atoms with Gasteiger partial charge in [0.25, 0.3) is 16.8 Å². The first-order valence-corrected chi connectivity index (χ1v) is 13.4. The first kappa shape index (κ1) is 28.8. The van der Waals surface area contributed by atoms with Crippen molar-refractivity contribution in [3.8, 4) is 11.5 Å². The predicted octanol–water partition coefficient (Wildman–Crippen LogP) is 6.15. The molecule has 1 N–H and O–H groups in total. The molecular formula is C27H21BrFN3O7S. The van der Waals surface area contributed by atoms with Crippen molar-refractivity contribution in [2.45, 2.75) is 13.5 Å². The maximum absolute atomic E-state index is 13.4. The molecule has 40 heavy (non-hydrogen) atoms. The second-order valence-electron chi connectivity index (χ2n) is 8.30. The Morgan fingerprint density at radius 2 is 1.90 bits per heavy atom. The molecule has 3 amide bonds. The van der Waals surface area contributed by atoms with Crippen molar-refractivity contribution in [3.63, 3.8) is 0 Å². The van der Waals surface area contributed by atoms with E-state index in [1.54, 1.807) is 31.2 Å². The van der Waals surface area contributed by atoms with Crippen molar-refractivity contribution in [2.24, 2.45) is 0 Å². The number of nitro benzene ring substituents is 1. The quantitative estimate of drug-likeness (QED) is 0.161. The van der Waals surface area contributed by atoms with E-state index in [2.05, 4.69) is 21.2 Å². The van der Waals surface area contributed by atoms with Crippen LogP contribution in [0.2, 0.25) is 0 Å². The molecule has 0 atom stereocenters. The summed E-state index contributed by atoms with van der Waals surface area (Å²) in [5, 5.41) is 12.7. The van der Waals surface area contributed by atoms with Crippen LogP contribution in [0.25, 0.3) is 6.08 Å². The smallest absolute Gasteiger partial charge is 0.294 e. The highest BCUT2D eigenvalue weighted by Crippen LogP contribution is 2.39. The number of imide groups is 1. The van der Waals surface area contributed by atoms with Crippen molar-refractivity contribution in [3.05, 3.63) is 97.1 Å². The topological polar surface area (TPSA) is 128 Å². The molecule has 1 aliphatic heterocycles. The molecule has 4 rings (SSSR count). The minimum absolute atomic E-state index is 0.0269. The van der Waals surface area contributed by atoms with E-state index in [0.29, 0.717) is 45.5 Å². The fourth-order valence-corrected chi connectivity index (χ4v) is 5.05. The van der Waals surface area contributed by atoms with E-state index >= 15 is 0 Å². The normalized spacial score (nSPS) is 14.0. The Bertz CT molecular complexity index is 1510. The van der Waals surface area contributed by atoms with Crippen LogP contribution in [0.5, 0.6) is 11.5 Å². The Morgan fingerprint density at radius 3 is 2.58 bits per heavy atom. The van der Waals surface area contributed by atoms with Crippen molar-refractivity contribution in [1.82, 2.24) is 4.90 Å². The van der Waals surface area contributed by atoms with Crippen LogP contribution in [0.4, 0.5) is 20.6 Å². The summed E-state index contributed by atoms with van der Waals surface area (Å²) >= 11 is 4.15. The lowest BCUT2D eigenvalue weighted by molar-refractivity contribution is -0.384. The molecule has 0 radical (unpaired) electrons. The number of carbonyl (C=O) groups is 3. The van der Waals surface area contributed by atoms with E-state index in [-0.39, 0.29) is 22.9 Å². The number of hydrogen-bond donors (Lipinski definition) is 1. The van der Waals surface area contributed by atoms with Gasteiger partial charge >= 0.3 is 0 Å². The lowest BCUT2D eigenvalue weighted by atomic mass is 10.1. The molecule has 0 saturated carbocycles. The van der Waals surface area contributed by atoms with Gasteiger partial charge in [-0.1, -0.05) is 6.07 Å². The van der Waals surface area contributed by atoms with Gasteiger partial charge in [0.05, 0.1) is 20.9 Å². The summed E-state index contributed by atoms with van der Waals surface area (Å²) in [4.78, 5) is 49.1. The Labute approximate surface area is 240 Å². The molecule has 1 aliphatic rings. The zero-order valence-electron chi connectivity index (χ0n) is 20.9. The van der Waals surface area contributed by atoms with Gasteiger partial charge in [-0.3, -0.25) is 29.4 Å². The summed E-state index contributed by atoms with van der Waals surface area (Å²) in [7, 11) is 0. The molecule has 13 heteroatoms. The molecule has 0 unspecified atom stereocenters. The molecule has 1 fully saturated rings. The molecule has 3 aromatic carbocycles. The number of ether oxygens (including phenoxy) is 2. The Morgan fingerprint density at radius 1 is 1.15 bits per heavy atom. The van der Waals surface area contributed by atoms with Crippen LogP contribution < -0.4 is 14.8 Å². The van der Waals surface area contributed by atoms with Crippen molar-refractivity contribution < 1.29 is 33.2 Å². The maximum Gasteiger partial charge on any atom is 0.294 e. The van der Waals surface area contributed by atoms with Crippen LogP contribution in [0.1, 0.15) is 18.1 Å². The third kappa shape index (κ3) is 7.04. The average Bonchev–Trinajstić information content (AvgIpc) is 3.15. The van der Waals surface area contributed by atoms with Gasteiger partial charge in [0.15, 0.2) is 11.5 Å². The summed E-state index contributed by atoms with van der Waals surface area (Å²) in [6.07, 6.45) is 1.50. The van der Waals surface area contributed by atoms with Gasteiger partial charge in [0.1, 0.15) is 19.0 Å². The molecule has 0 aliphatic carbocycles. The molecule has 1 saturated heterocycles. The number of amides is 3. The number of nitro groups is 1. The number of benzene rings is 3. The fraction of sp³-hybridized carbons (Fsp3) is 0.148. The summed E-state index contributed by atoms with van der Waals surface area (Å²) in [5.74, 6) is -1.06. The molecule has 206 valence electrons. The number of nitrogens with one attached hydrogen (secondary N) is 1. The highest BCUT2D eigenvalue weighted by atomic mass is 79.9. The minimum Gasteiger partial charge on any atom is -0.490 e. The maximum atomic E-state index is 13.4. The lowest BCUT2D eigenvalue weighted by Gasteiger charge is -2.15. The largest absolute Gasteiger partial charge is 0.490 e. The predicted molar refractivity (Wildman–Crippen MR) is 150 cm³/mol. The van der Waals surface area contributed by atoms with Gasteiger partial charge in [-0.25, -0.2) is 4.39 Å². The highest BCUT2D eigenvalue weighted by molar-refractivity contribution is 9.10. The lowest BCUT2D eigenvalue weighted by Crippen LogP contribution is -2.36. The van der Waals surface area contributed by atoms with Crippen LogP contribution in [0.15, 0.2) is 70.0 Å². The Hall–Kier alpha value is -4.23. The van der Waals surface area contributed by atoms with E-state index in [0.717, 1.165) is 11.0 Å². The van der Waals surface area contributed by atoms with Gasteiger partial charge in [-0.15, -0.1) is 0 Å². The first-order chi connectivity index (χ1) is 19.1. The minimum atomic E-state index is -0.648. The summed E-state index contributed by atoms with van der Waals surface area (Å²) < 4.78 is 25.5. The second-order valence-corrected chi connectivity index (χ2v) is 10.1. The molecule has 0 spiro atoms. The summed E-state index contributed by atoms with van der Waals surface area (Å²) in [6, 6.07) is 14.5. The van der Waals surface area contributed by atoms with Crippen LogP contribution in [-0.2, 0) is 16.2 Å². The monoisotopic (exact) mass is 629 g/mol. The number of rotatable bonds is 10. The van der Waals surface area contributed by atoms with Gasteiger partial charge in [-0.2, -0.15) is 0 Å². The van der Waals surface area contributed by atoms with Gasteiger partial charge in [-0.05, 0) is 94.3 Å². The van der Waals surface area contributed by atoms with Gasteiger partial charge in [0, 0.05) is 17.8 Å². The van der Waals surface area contributed by atoms with E-state index in [9.17, 15) is 28.9 Å². The number of carbonyl (C=O) groups excluding carboxylic acids is 3. The fourth-order valence-electron chi connectivity index (χ4n) is 3.64. The number of anilines is 1. The third-order valence-electron chi connectivity index (χ3n) is 5.44. The second kappa shape index (κ2) is 12.7. The number of nitrogens with zero attached hydrogens (tertiary/aromatic N) is 2. The molecule has 0 aromatic heterocycles. The number of hydrogen-bond acceptors (Lipinski definition) is 8. The number of thioether (sulfide) groups is 1. The third-order valence-corrected chi connectivity index (χ3v) is 6.94. The van der Waals surface area contributed by atoms with Crippen LogP contribution >= 0.6 is 27.7 Å².